The number of phosphoric ester groups is 1. The molecule has 0 aliphatic rings. The first-order valence-corrected chi connectivity index (χ1v) is 30.8. The lowest BCUT2D eigenvalue weighted by Gasteiger charge is -2.24. The van der Waals surface area contributed by atoms with Gasteiger partial charge in [-0.05, 0) is 12.8 Å². The Morgan fingerprint density at radius 3 is 1.00 bits per heavy atom. The van der Waals surface area contributed by atoms with E-state index in [1.165, 1.54) is 250 Å². The molecule has 0 saturated heterocycles. The molecule has 0 rings (SSSR count). The third kappa shape index (κ3) is 54.4. The summed E-state index contributed by atoms with van der Waals surface area (Å²) in [6, 6.07) is 0. The third-order valence-electron chi connectivity index (χ3n) is 13.4. The average molecular weight is 960 g/mol. The maximum atomic E-state index is 12.8. The molecule has 8 nitrogen and oxygen atoms in total. The van der Waals surface area contributed by atoms with E-state index in [1.807, 2.05) is 21.1 Å². The van der Waals surface area contributed by atoms with Crippen LogP contribution in [0.3, 0.4) is 0 Å². The molecule has 0 saturated carbocycles. The SMILES string of the molecule is CCCCCCCCCCCCCCCCCCCCCCCCCOCC(COP(=O)(O)OCC[N+](C)(C)C)OC(=O)CCCCCCCCCCCCCCCCCCCCCCC. The topological polar surface area (TPSA) is 91.3 Å². The van der Waals surface area contributed by atoms with Crippen LogP contribution in [0, 0.1) is 0 Å². The van der Waals surface area contributed by atoms with Gasteiger partial charge in [-0.25, -0.2) is 4.57 Å². The van der Waals surface area contributed by atoms with Crippen LogP contribution < -0.4 is 0 Å². The highest BCUT2D eigenvalue weighted by atomic mass is 31.2. The molecule has 1 N–H and O–H groups in total. The molecule has 0 fully saturated rings. The van der Waals surface area contributed by atoms with Gasteiger partial charge >= 0.3 is 13.8 Å². The minimum absolute atomic E-state index is 0.0945. The lowest BCUT2D eigenvalue weighted by Crippen LogP contribution is -2.37. The smallest absolute Gasteiger partial charge is 0.457 e. The van der Waals surface area contributed by atoms with Gasteiger partial charge in [0.1, 0.15) is 19.3 Å². The lowest BCUT2D eigenvalue weighted by molar-refractivity contribution is -0.870. The van der Waals surface area contributed by atoms with Crippen molar-refractivity contribution in [1.29, 1.82) is 0 Å². The zero-order valence-electron chi connectivity index (χ0n) is 45.2. The van der Waals surface area contributed by atoms with Gasteiger partial charge < -0.3 is 18.9 Å². The van der Waals surface area contributed by atoms with Gasteiger partial charge in [0.2, 0.25) is 0 Å². The summed E-state index contributed by atoms with van der Waals surface area (Å²) in [6.07, 6.45) is 58.8. The molecule has 9 heteroatoms. The summed E-state index contributed by atoms with van der Waals surface area (Å²) in [7, 11) is 1.69. The molecule has 0 aromatic heterocycles. The van der Waals surface area contributed by atoms with Crippen molar-refractivity contribution < 1.29 is 37.3 Å². The van der Waals surface area contributed by atoms with Crippen LogP contribution in [0.15, 0.2) is 0 Å². The molecule has 2 atom stereocenters. The Balaban J connectivity index is 4.00. The number of ether oxygens (including phenoxy) is 2. The number of likely N-dealkylation sites (N-methyl/N-ethyl adjacent to an activating group) is 1. The minimum atomic E-state index is -4.28. The molecule has 0 aliphatic heterocycles. The number of hydrogen-bond acceptors (Lipinski definition) is 6. The van der Waals surface area contributed by atoms with Crippen molar-refractivity contribution in [3.8, 4) is 0 Å². The van der Waals surface area contributed by atoms with Crippen molar-refractivity contribution in [2.75, 3.05) is 54.1 Å². The van der Waals surface area contributed by atoms with Crippen LogP contribution in [0.5, 0.6) is 0 Å². The summed E-state index contributed by atoms with van der Waals surface area (Å²) < 4.78 is 35.3. The molecule has 0 aliphatic carbocycles. The molecule has 66 heavy (non-hydrogen) atoms. The fourth-order valence-corrected chi connectivity index (χ4v) is 9.65. The molecule has 2 unspecified atom stereocenters. The summed E-state index contributed by atoms with van der Waals surface area (Å²) in [5.41, 5.74) is 0. The minimum Gasteiger partial charge on any atom is -0.457 e. The lowest BCUT2D eigenvalue weighted by atomic mass is 10.0. The predicted molar refractivity (Wildman–Crippen MR) is 284 cm³/mol. The fourth-order valence-electron chi connectivity index (χ4n) is 8.91. The zero-order valence-corrected chi connectivity index (χ0v) is 46.1. The average Bonchev–Trinajstić information content (AvgIpc) is 3.28. The molecule has 0 radical (unpaired) electrons. The number of rotatable bonds is 56. The Labute approximate surface area is 412 Å². The molecular formula is C57H117NO7P+. The standard InChI is InChI=1S/C57H116NO7P/c1-6-8-10-12-14-16-18-20-22-24-26-28-29-31-33-35-37-39-41-43-45-47-49-52-62-54-56(55-64-66(60,61)63-53-51-58(3,4)5)65-57(59)50-48-46-44-42-40-38-36-34-32-30-27-25-23-21-19-17-15-13-11-9-7-2/h56H,6-55H2,1-5H3/p+1. The highest BCUT2D eigenvalue weighted by molar-refractivity contribution is 7.47. The highest BCUT2D eigenvalue weighted by Crippen LogP contribution is 2.43. The second kappa shape index (κ2) is 50.9. The van der Waals surface area contributed by atoms with Crippen molar-refractivity contribution in [3.63, 3.8) is 0 Å². The van der Waals surface area contributed by atoms with Crippen LogP contribution >= 0.6 is 7.82 Å². The number of nitrogens with zero attached hydrogens (tertiary/aromatic N) is 1. The summed E-state index contributed by atoms with van der Waals surface area (Å²) in [5, 5.41) is 0. The first-order valence-electron chi connectivity index (χ1n) is 29.3. The highest BCUT2D eigenvalue weighted by Gasteiger charge is 2.26. The van der Waals surface area contributed by atoms with Gasteiger partial charge in [-0.15, -0.1) is 0 Å². The number of phosphoric acid groups is 1. The van der Waals surface area contributed by atoms with Crippen LogP contribution in [0.1, 0.15) is 303 Å². The van der Waals surface area contributed by atoms with Crippen LogP contribution in [0.4, 0.5) is 0 Å². The van der Waals surface area contributed by atoms with E-state index in [2.05, 4.69) is 13.8 Å². The summed E-state index contributed by atoms with van der Waals surface area (Å²) in [6.45, 7) is 5.72. The molecule has 0 heterocycles. The molecular weight excluding hydrogens is 842 g/mol. The van der Waals surface area contributed by atoms with Gasteiger partial charge in [-0.1, -0.05) is 284 Å². The summed E-state index contributed by atoms with van der Waals surface area (Å²) >= 11 is 0. The largest absolute Gasteiger partial charge is 0.472 e. The van der Waals surface area contributed by atoms with E-state index < -0.39 is 13.9 Å². The van der Waals surface area contributed by atoms with Crippen molar-refractivity contribution in [2.45, 2.75) is 309 Å². The van der Waals surface area contributed by atoms with E-state index in [0.717, 1.165) is 32.1 Å². The quantitative estimate of drug-likeness (QED) is 0.0281. The van der Waals surface area contributed by atoms with Crippen molar-refractivity contribution in [3.05, 3.63) is 0 Å². The van der Waals surface area contributed by atoms with E-state index in [0.29, 0.717) is 24.1 Å². The van der Waals surface area contributed by atoms with E-state index in [4.69, 9.17) is 18.5 Å². The maximum absolute atomic E-state index is 12.8. The van der Waals surface area contributed by atoms with E-state index in [-0.39, 0.29) is 25.8 Å². The maximum Gasteiger partial charge on any atom is 0.472 e. The fraction of sp³-hybridized carbons (Fsp3) is 0.982. The van der Waals surface area contributed by atoms with E-state index >= 15 is 0 Å². The van der Waals surface area contributed by atoms with Gasteiger partial charge in [-0.3, -0.25) is 13.8 Å². The predicted octanol–water partition coefficient (Wildman–Crippen LogP) is 18.3. The van der Waals surface area contributed by atoms with Gasteiger partial charge in [0.25, 0.3) is 0 Å². The van der Waals surface area contributed by atoms with E-state index in [9.17, 15) is 14.3 Å². The Morgan fingerprint density at radius 2 is 0.697 bits per heavy atom. The monoisotopic (exact) mass is 959 g/mol. The Bertz CT molecular complexity index is 1020. The van der Waals surface area contributed by atoms with Crippen molar-refractivity contribution in [1.82, 2.24) is 0 Å². The van der Waals surface area contributed by atoms with Crippen LogP contribution in [0.25, 0.3) is 0 Å². The van der Waals surface area contributed by atoms with Gasteiger partial charge in [0.05, 0.1) is 34.4 Å². The number of esters is 1. The van der Waals surface area contributed by atoms with Gasteiger partial charge in [0.15, 0.2) is 0 Å². The van der Waals surface area contributed by atoms with Crippen LogP contribution in [-0.2, 0) is 27.9 Å². The Morgan fingerprint density at radius 1 is 0.409 bits per heavy atom. The molecule has 0 aromatic carbocycles. The van der Waals surface area contributed by atoms with Crippen molar-refractivity contribution in [2.24, 2.45) is 0 Å². The molecule has 0 bridgehead atoms. The molecule has 0 spiro atoms. The number of hydrogen-bond donors (Lipinski definition) is 1. The van der Waals surface area contributed by atoms with Crippen LogP contribution in [0.2, 0.25) is 0 Å². The number of carbonyl (C=O) groups is 1. The first-order chi connectivity index (χ1) is 32.1. The number of carbonyl (C=O) groups excluding carboxylic acids is 1. The van der Waals surface area contributed by atoms with E-state index in [1.54, 1.807) is 0 Å². The van der Waals surface area contributed by atoms with Crippen molar-refractivity contribution >= 4 is 13.8 Å². The number of quaternary nitrogens is 1. The summed E-state index contributed by atoms with van der Waals surface area (Å²) in [5.74, 6) is -0.302. The van der Waals surface area contributed by atoms with Gasteiger partial charge in [-0.2, -0.15) is 0 Å². The molecule has 0 aromatic rings. The van der Waals surface area contributed by atoms with Crippen LogP contribution in [-0.4, -0.2) is 75.6 Å². The Kier molecular flexibility index (Phi) is 50.5. The normalized spacial score (nSPS) is 13.4. The Hall–Kier alpha value is -0.500. The zero-order chi connectivity index (χ0) is 48.3. The second-order valence-electron chi connectivity index (χ2n) is 21.4. The third-order valence-corrected chi connectivity index (χ3v) is 14.4. The van der Waals surface area contributed by atoms with Gasteiger partial charge in [0, 0.05) is 13.0 Å². The number of unbranched alkanes of at least 4 members (excludes halogenated alkanes) is 42. The first kappa shape index (κ1) is 65.5. The second-order valence-corrected chi connectivity index (χ2v) is 22.9. The molecule has 0 amide bonds. The summed E-state index contributed by atoms with van der Waals surface area (Å²) in [4.78, 5) is 23.1. The molecule has 396 valence electrons.